The summed E-state index contributed by atoms with van der Waals surface area (Å²) in [5, 5.41) is 16.2. The van der Waals surface area contributed by atoms with E-state index in [2.05, 4.69) is 10.6 Å². The second kappa shape index (κ2) is 10.7. The molecule has 2 aromatic rings. The fraction of sp³-hybridized carbons (Fsp3) is 0.444. The number of halogens is 2. The third-order valence-corrected chi connectivity index (χ3v) is 7.14. The van der Waals surface area contributed by atoms with E-state index in [1.165, 1.54) is 13.1 Å². The van der Waals surface area contributed by atoms with Gasteiger partial charge in [0.05, 0.1) is 12.1 Å². The number of carboxylic acid groups (broad SMARTS) is 1. The average molecular weight is 515 g/mol. The lowest BCUT2D eigenvalue weighted by molar-refractivity contribution is -0.272. The maximum absolute atomic E-state index is 14.3. The molecule has 2 aliphatic rings. The number of rotatable bonds is 7. The summed E-state index contributed by atoms with van der Waals surface area (Å²) in [6.07, 6.45) is -1.36. The van der Waals surface area contributed by atoms with E-state index in [4.69, 9.17) is 4.74 Å². The lowest BCUT2D eigenvalue weighted by Gasteiger charge is -2.39. The summed E-state index contributed by atoms with van der Waals surface area (Å²) in [5.41, 5.74) is 2.28. The molecule has 8 nitrogen and oxygen atoms in total. The second-order valence-electron chi connectivity index (χ2n) is 9.56. The molecule has 1 fully saturated rings. The standard InChI is InChI=1S/C27H31F2N3O5/c1-16-22(17-7-4-3-5-8-17)20-13-18(14-21(23(20)37-16)25(34)30-2)24(33)31-11-6-9-19-10-12-32(26(35)36)15-27(19,28)29/h3-5,7-8,13-14,16,19,22H,6,9-12,15H2,1-2H3,(H,30,34)(H,31,33)(H,35,36)/p-1/t16-,19?,22+/m0/s1. The Balaban J connectivity index is 1.46. The van der Waals surface area contributed by atoms with E-state index in [0.717, 1.165) is 11.1 Å². The van der Waals surface area contributed by atoms with Crippen molar-refractivity contribution in [1.82, 2.24) is 15.5 Å². The van der Waals surface area contributed by atoms with Crippen molar-refractivity contribution in [3.63, 3.8) is 0 Å². The van der Waals surface area contributed by atoms with Crippen LogP contribution in [0.1, 0.15) is 63.9 Å². The van der Waals surface area contributed by atoms with Crippen molar-refractivity contribution in [2.45, 2.75) is 44.1 Å². The minimum absolute atomic E-state index is 0.00934. The quantitative estimate of drug-likeness (QED) is 0.552. The first-order chi connectivity index (χ1) is 17.6. The average Bonchev–Trinajstić information content (AvgIpc) is 3.21. The van der Waals surface area contributed by atoms with Crippen LogP contribution in [0.3, 0.4) is 0 Å². The Bertz CT molecular complexity index is 1170. The topological polar surface area (TPSA) is 111 Å². The first-order valence-corrected chi connectivity index (χ1v) is 12.4. The van der Waals surface area contributed by atoms with E-state index in [0.29, 0.717) is 17.1 Å². The van der Waals surface area contributed by atoms with E-state index in [9.17, 15) is 28.3 Å². The number of nitrogens with one attached hydrogen (secondary N) is 2. The normalized spacial score (nSPS) is 22.1. The van der Waals surface area contributed by atoms with Crippen molar-refractivity contribution < 1.29 is 33.0 Å². The number of likely N-dealkylation sites (tertiary alicyclic amines) is 1. The molecule has 3 amide bonds. The predicted molar refractivity (Wildman–Crippen MR) is 130 cm³/mol. The number of hydrogen-bond acceptors (Lipinski definition) is 5. The van der Waals surface area contributed by atoms with E-state index in [-0.39, 0.29) is 55.0 Å². The van der Waals surface area contributed by atoms with Crippen molar-refractivity contribution in [3.8, 4) is 5.75 Å². The monoisotopic (exact) mass is 514 g/mol. The van der Waals surface area contributed by atoms with Gasteiger partial charge in [0.1, 0.15) is 17.9 Å². The fourth-order valence-corrected chi connectivity index (χ4v) is 5.22. The summed E-state index contributed by atoms with van der Waals surface area (Å²) < 4.78 is 34.8. The molecule has 0 aliphatic carbocycles. The molecule has 0 spiro atoms. The second-order valence-corrected chi connectivity index (χ2v) is 9.56. The highest BCUT2D eigenvalue weighted by molar-refractivity contribution is 6.02. The molecule has 0 bridgehead atoms. The van der Waals surface area contributed by atoms with Crippen LogP contribution in [0.15, 0.2) is 42.5 Å². The Kier molecular flexibility index (Phi) is 7.65. The Hall–Kier alpha value is -3.69. The van der Waals surface area contributed by atoms with Crippen LogP contribution < -0.4 is 20.5 Å². The molecule has 4 rings (SSSR count). The van der Waals surface area contributed by atoms with Gasteiger partial charge in [-0.1, -0.05) is 30.3 Å². The van der Waals surface area contributed by atoms with Gasteiger partial charge in [-0.15, -0.1) is 0 Å². The predicted octanol–water partition coefficient (Wildman–Crippen LogP) is 2.77. The van der Waals surface area contributed by atoms with Crippen LogP contribution in [0.5, 0.6) is 5.75 Å². The SMILES string of the molecule is CNC(=O)c1cc(C(=O)NCCCC2CCN(C(=O)[O-])CC2(F)F)cc2c1O[C@@H](C)[C@@H]2c1ccccc1. The number of ether oxygens (including phenoxy) is 1. The van der Waals surface area contributed by atoms with Crippen LogP contribution in [-0.2, 0) is 0 Å². The summed E-state index contributed by atoms with van der Waals surface area (Å²) in [7, 11) is 1.50. The van der Waals surface area contributed by atoms with Crippen molar-refractivity contribution in [3.05, 3.63) is 64.7 Å². The van der Waals surface area contributed by atoms with Gasteiger partial charge in [-0.2, -0.15) is 0 Å². The summed E-state index contributed by atoms with van der Waals surface area (Å²) >= 11 is 0. The summed E-state index contributed by atoms with van der Waals surface area (Å²) in [5.74, 6) is -4.63. The molecule has 0 aromatic heterocycles. The molecule has 1 saturated heterocycles. The smallest absolute Gasteiger partial charge is 0.268 e. The molecule has 198 valence electrons. The molecule has 2 heterocycles. The van der Waals surface area contributed by atoms with Gasteiger partial charge in [-0.3, -0.25) is 9.59 Å². The van der Waals surface area contributed by atoms with Gasteiger partial charge in [0.2, 0.25) is 0 Å². The number of nitrogens with zero attached hydrogens (tertiary/aromatic N) is 1. The molecule has 10 heteroatoms. The Morgan fingerprint density at radius 2 is 1.89 bits per heavy atom. The number of amides is 3. The maximum Gasteiger partial charge on any atom is 0.268 e. The van der Waals surface area contributed by atoms with Gasteiger partial charge in [0, 0.05) is 43.1 Å². The zero-order valence-electron chi connectivity index (χ0n) is 20.8. The third kappa shape index (κ3) is 5.52. The van der Waals surface area contributed by atoms with Gasteiger partial charge in [-0.05, 0) is 43.9 Å². The zero-order valence-corrected chi connectivity index (χ0v) is 20.8. The number of fused-ring (bicyclic) bond motifs is 1. The van der Waals surface area contributed by atoms with Gasteiger partial charge in [-0.25, -0.2) is 8.78 Å². The van der Waals surface area contributed by atoms with E-state index in [1.807, 2.05) is 37.3 Å². The highest BCUT2D eigenvalue weighted by Crippen LogP contribution is 2.45. The number of alkyl halides is 2. The molecule has 2 aliphatic heterocycles. The van der Waals surface area contributed by atoms with Crippen molar-refractivity contribution in [2.24, 2.45) is 5.92 Å². The number of carbonyl (C=O) groups is 3. The van der Waals surface area contributed by atoms with Crippen molar-refractivity contribution in [1.29, 1.82) is 0 Å². The molecule has 2 N–H and O–H groups in total. The summed E-state index contributed by atoms with van der Waals surface area (Å²) in [4.78, 5) is 37.2. The van der Waals surface area contributed by atoms with Crippen molar-refractivity contribution in [2.75, 3.05) is 26.7 Å². The lowest BCUT2D eigenvalue weighted by Crippen LogP contribution is -2.54. The van der Waals surface area contributed by atoms with E-state index >= 15 is 0 Å². The van der Waals surface area contributed by atoms with E-state index < -0.39 is 30.4 Å². The van der Waals surface area contributed by atoms with Crippen LogP contribution in [0.25, 0.3) is 0 Å². The maximum atomic E-state index is 14.3. The summed E-state index contributed by atoms with van der Waals surface area (Å²) in [6.45, 7) is 1.22. The Labute approximate surface area is 214 Å². The molecular formula is C27H30F2N3O5-. The highest BCUT2D eigenvalue weighted by atomic mass is 19.3. The van der Waals surface area contributed by atoms with Crippen LogP contribution in [0.2, 0.25) is 0 Å². The highest BCUT2D eigenvalue weighted by Gasteiger charge is 2.44. The minimum atomic E-state index is -3.14. The third-order valence-electron chi connectivity index (χ3n) is 7.14. The zero-order chi connectivity index (χ0) is 26.7. The van der Waals surface area contributed by atoms with Gasteiger partial charge in [0.15, 0.2) is 0 Å². The molecule has 37 heavy (non-hydrogen) atoms. The first-order valence-electron chi connectivity index (χ1n) is 12.4. The van der Waals surface area contributed by atoms with Gasteiger partial charge in [0.25, 0.3) is 17.7 Å². The van der Waals surface area contributed by atoms with Gasteiger partial charge < -0.3 is 30.2 Å². The van der Waals surface area contributed by atoms with Crippen molar-refractivity contribution >= 4 is 17.9 Å². The van der Waals surface area contributed by atoms with Crippen LogP contribution in [-0.4, -0.2) is 61.5 Å². The minimum Gasteiger partial charge on any atom is -0.530 e. The number of benzene rings is 2. The molecular weight excluding hydrogens is 484 g/mol. The van der Waals surface area contributed by atoms with E-state index in [1.54, 1.807) is 6.07 Å². The van der Waals surface area contributed by atoms with Crippen LogP contribution in [0.4, 0.5) is 13.6 Å². The fourth-order valence-electron chi connectivity index (χ4n) is 5.22. The molecule has 3 atom stereocenters. The largest absolute Gasteiger partial charge is 0.530 e. The Morgan fingerprint density at radius 3 is 2.54 bits per heavy atom. The molecule has 0 saturated carbocycles. The molecule has 0 radical (unpaired) electrons. The number of hydrogen-bond donors (Lipinski definition) is 2. The van der Waals surface area contributed by atoms with Crippen LogP contribution >= 0.6 is 0 Å². The summed E-state index contributed by atoms with van der Waals surface area (Å²) in [6, 6.07) is 12.9. The number of carbonyl (C=O) groups excluding carboxylic acids is 3. The first kappa shape index (κ1) is 26.4. The Morgan fingerprint density at radius 1 is 1.16 bits per heavy atom. The van der Waals surface area contributed by atoms with Gasteiger partial charge >= 0.3 is 0 Å². The van der Waals surface area contributed by atoms with Crippen LogP contribution in [0, 0.1) is 5.92 Å². The molecule has 1 unspecified atom stereocenters. The molecule has 2 aromatic carbocycles. The number of piperidine rings is 1. The lowest BCUT2D eigenvalue weighted by atomic mass is 9.87.